The highest BCUT2D eigenvalue weighted by Gasteiger charge is 2.32. The van der Waals surface area contributed by atoms with E-state index in [1.54, 1.807) is 12.1 Å². The van der Waals surface area contributed by atoms with Gasteiger partial charge in [-0.05, 0) is 48.2 Å². The lowest BCUT2D eigenvalue weighted by Gasteiger charge is -2.32. The minimum Gasteiger partial charge on any atom is -0.376 e. The Morgan fingerprint density at radius 1 is 1.05 bits per heavy atom. The van der Waals surface area contributed by atoms with E-state index in [1.807, 2.05) is 54.6 Å². The van der Waals surface area contributed by atoms with Crippen molar-refractivity contribution in [1.29, 1.82) is 0 Å². The molecule has 3 aromatic carbocycles. The van der Waals surface area contributed by atoms with Crippen molar-refractivity contribution in [3.8, 4) is 0 Å². The minimum absolute atomic E-state index is 0.0388. The van der Waals surface area contributed by atoms with E-state index in [9.17, 15) is 14.0 Å². The van der Waals surface area contributed by atoms with E-state index in [2.05, 4.69) is 15.6 Å². The first kappa shape index (κ1) is 24.6. The Bertz CT molecular complexity index is 1350. The maximum atomic E-state index is 13.9. The Morgan fingerprint density at radius 3 is 2.57 bits per heavy atom. The minimum atomic E-state index is -0.907. The van der Waals surface area contributed by atoms with E-state index in [4.69, 9.17) is 4.74 Å². The van der Waals surface area contributed by atoms with Crippen molar-refractivity contribution >= 4 is 22.8 Å². The molecule has 0 radical (unpaired) electrons. The molecule has 1 saturated heterocycles. The molecule has 9 heteroatoms. The third-order valence-electron chi connectivity index (χ3n) is 6.50. The van der Waals surface area contributed by atoms with Crippen LogP contribution in [-0.2, 0) is 27.4 Å². The van der Waals surface area contributed by atoms with Gasteiger partial charge in [-0.25, -0.2) is 9.07 Å². The average Bonchev–Trinajstić information content (AvgIpc) is 3.59. The molecule has 1 aliphatic heterocycles. The highest BCUT2D eigenvalue weighted by Crippen LogP contribution is 2.25. The molecule has 2 unspecified atom stereocenters. The molecule has 37 heavy (non-hydrogen) atoms. The molecule has 1 fully saturated rings. The summed E-state index contributed by atoms with van der Waals surface area (Å²) in [5.74, 6) is -0.994. The Morgan fingerprint density at radius 2 is 1.81 bits per heavy atom. The van der Waals surface area contributed by atoms with Gasteiger partial charge in [-0.15, -0.1) is 5.10 Å². The standard InChI is InChI=1S/C28H28FN5O3/c29-22-14-12-20(13-15-22)18-33(26(35)19-34-25-11-5-4-10-24(25)31-32-34)27(21-7-2-1-3-8-21)28(36)30-17-23-9-6-16-37-23/h1-5,7-8,10-15,23,27H,6,9,16-19H2,(H,30,36). The molecule has 1 aromatic heterocycles. The van der Waals surface area contributed by atoms with Crippen LogP contribution in [0.3, 0.4) is 0 Å². The first-order valence-electron chi connectivity index (χ1n) is 12.3. The molecule has 0 spiro atoms. The second kappa shape index (κ2) is 11.3. The monoisotopic (exact) mass is 501 g/mol. The number of halogens is 1. The van der Waals surface area contributed by atoms with Crippen LogP contribution in [0.5, 0.6) is 0 Å². The van der Waals surface area contributed by atoms with Crippen molar-refractivity contribution in [3.05, 3.63) is 95.8 Å². The number of fused-ring (bicyclic) bond motifs is 1. The van der Waals surface area contributed by atoms with Crippen molar-refractivity contribution in [2.24, 2.45) is 0 Å². The summed E-state index contributed by atoms with van der Waals surface area (Å²) in [6, 6.07) is 21.6. The Labute approximate surface area is 214 Å². The molecule has 2 amide bonds. The van der Waals surface area contributed by atoms with Gasteiger partial charge in [0.2, 0.25) is 11.8 Å². The number of carbonyl (C=O) groups is 2. The van der Waals surface area contributed by atoms with Gasteiger partial charge in [0.15, 0.2) is 0 Å². The van der Waals surface area contributed by atoms with E-state index < -0.39 is 6.04 Å². The van der Waals surface area contributed by atoms with E-state index in [1.165, 1.54) is 21.7 Å². The SMILES string of the molecule is O=C(NCC1CCCO1)C(c1ccccc1)N(Cc1ccc(F)cc1)C(=O)Cn1nnc2ccccc21. The molecule has 2 heterocycles. The summed E-state index contributed by atoms with van der Waals surface area (Å²) < 4.78 is 20.8. The molecular weight excluding hydrogens is 473 g/mol. The molecule has 0 bridgehead atoms. The fourth-order valence-electron chi connectivity index (χ4n) is 4.59. The number of hydrogen-bond acceptors (Lipinski definition) is 5. The molecule has 0 saturated carbocycles. The quantitative estimate of drug-likeness (QED) is 0.378. The van der Waals surface area contributed by atoms with Crippen molar-refractivity contribution in [2.45, 2.75) is 38.1 Å². The highest BCUT2D eigenvalue weighted by atomic mass is 19.1. The maximum absolute atomic E-state index is 13.9. The molecule has 5 rings (SSSR count). The summed E-state index contributed by atoms with van der Waals surface area (Å²) in [5, 5.41) is 11.3. The van der Waals surface area contributed by atoms with E-state index in [0.717, 1.165) is 18.4 Å². The lowest BCUT2D eigenvalue weighted by Crippen LogP contribution is -2.46. The zero-order valence-corrected chi connectivity index (χ0v) is 20.3. The molecule has 0 aliphatic carbocycles. The smallest absolute Gasteiger partial charge is 0.247 e. The first-order valence-corrected chi connectivity index (χ1v) is 12.3. The zero-order chi connectivity index (χ0) is 25.6. The third-order valence-corrected chi connectivity index (χ3v) is 6.50. The summed E-state index contributed by atoms with van der Waals surface area (Å²) in [5.41, 5.74) is 2.77. The van der Waals surface area contributed by atoms with E-state index >= 15 is 0 Å². The number of hydrogen-bond donors (Lipinski definition) is 1. The van der Waals surface area contributed by atoms with Gasteiger partial charge in [-0.2, -0.15) is 0 Å². The molecule has 8 nitrogen and oxygen atoms in total. The van der Waals surface area contributed by atoms with Crippen LogP contribution in [0.25, 0.3) is 11.0 Å². The number of para-hydroxylation sites is 1. The van der Waals surface area contributed by atoms with Gasteiger partial charge in [0, 0.05) is 19.7 Å². The van der Waals surface area contributed by atoms with Crippen LogP contribution in [0, 0.1) is 5.82 Å². The Hall–Kier alpha value is -4.11. The molecule has 190 valence electrons. The lowest BCUT2D eigenvalue weighted by atomic mass is 10.0. The second-order valence-corrected chi connectivity index (χ2v) is 9.08. The molecule has 1 aliphatic rings. The maximum Gasteiger partial charge on any atom is 0.247 e. The number of amides is 2. The summed E-state index contributed by atoms with van der Waals surface area (Å²) in [6.07, 6.45) is 1.81. The first-order chi connectivity index (χ1) is 18.1. The molecule has 4 aromatic rings. The number of ether oxygens (including phenoxy) is 1. The number of aromatic nitrogens is 3. The van der Waals surface area contributed by atoms with E-state index in [-0.39, 0.29) is 36.8 Å². The van der Waals surface area contributed by atoms with Crippen LogP contribution >= 0.6 is 0 Å². The van der Waals surface area contributed by atoms with E-state index in [0.29, 0.717) is 29.8 Å². The van der Waals surface area contributed by atoms with Crippen LogP contribution in [0.2, 0.25) is 0 Å². The number of nitrogens with one attached hydrogen (secondary N) is 1. The second-order valence-electron chi connectivity index (χ2n) is 9.08. The largest absolute Gasteiger partial charge is 0.376 e. The average molecular weight is 502 g/mol. The fourth-order valence-corrected chi connectivity index (χ4v) is 4.59. The van der Waals surface area contributed by atoms with Crippen molar-refractivity contribution < 1.29 is 18.7 Å². The zero-order valence-electron chi connectivity index (χ0n) is 20.3. The van der Waals surface area contributed by atoms with Crippen LogP contribution < -0.4 is 5.32 Å². The van der Waals surface area contributed by atoms with Gasteiger partial charge >= 0.3 is 0 Å². The van der Waals surface area contributed by atoms with Gasteiger partial charge in [-0.3, -0.25) is 9.59 Å². The van der Waals surface area contributed by atoms with Gasteiger partial charge in [0.05, 0.1) is 11.6 Å². The number of nitrogens with zero attached hydrogens (tertiary/aromatic N) is 4. The lowest BCUT2D eigenvalue weighted by molar-refractivity contribution is -0.142. The predicted molar refractivity (Wildman–Crippen MR) is 136 cm³/mol. The van der Waals surface area contributed by atoms with Crippen LogP contribution in [0.4, 0.5) is 4.39 Å². The number of carbonyl (C=O) groups excluding carboxylic acids is 2. The van der Waals surface area contributed by atoms with Crippen molar-refractivity contribution in [1.82, 2.24) is 25.2 Å². The van der Waals surface area contributed by atoms with Crippen molar-refractivity contribution in [3.63, 3.8) is 0 Å². The summed E-state index contributed by atoms with van der Waals surface area (Å²) >= 11 is 0. The Kier molecular flexibility index (Phi) is 7.51. The highest BCUT2D eigenvalue weighted by molar-refractivity contribution is 5.89. The summed E-state index contributed by atoms with van der Waals surface area (Å²) in [7, 11) is 0. The van der Waals surface area contributed by atoms with Crippen LogP contribution in [-0.4, -0.2) is 51.0 Å². The summed E-state index contributed by atoms with van der Waals surface area (Å²) in [6.45, 7) is 1.06. The number of benzene rings is 3. The molecule has 2 atom stereocenters. The number of rotatable bonds is 9. The van der Waals surface area contributed by atoms with Gasteiger partial charge in [0.1, 0.15) is 23.9 Å². The van der Waals surface area contributed by atoms with Crippen LogP contribution in [0.1, 0.15) is 30.0 Å². The Balaban J connectivity index is 1.47. The van der Waals surface area contributed by atoms with Gasteiger partial charge in [-0.1, -0.05) is 59.8 Å². The predicted octanol–water partition coefficient (Wildman–Crippen LogP) is 3.64. The normalized spacial score (nSPS) is 16.0. The van der Waals surface area contributed by atoms with Crippen molar-refractivity contribution in [2.75, 3.05) is 13.2 Å². The topological polar surface area (TPSA) is 89.4 Å². The third kappa shape index (κ3) is 5.83. The van der Waals surface area contributed by atoms with Crippen LogP contribution in [0.15, 0.2) is 78.9 Å². The molecular formula is C28H28FN5O3. The van der Waals surface area contributed by atoms with Gasteiger partial charge < -0.3 is 15.0 Å². The fraction of sp³-hybridized carbons (Fsp3) is 0.286. The van der Waals surface area contributed by atoms with Gasteiger partial charge in [0.25, 0.3) is 0 Å². The molecule has 1 N–H and O–H groups in total. The summed E-state index contributed by atoms with van der Waals surface area (Å²) in [4.78, 5) is 29.0.